The molecular formula is C36H40F2N6O3S. The second-order valence-corrected chi connectivity index (χ2v) is 14.9. The lowest BCUT2D eigenvalue weighted by Gasteiger charge is -2.35. The molecule has 2 aliphatic heterocycles. The summed E-state index contributed by atoms with van der Waals surface area (Å²) in [6, 6.07) is 8.01. The van der Waals surface area contributed by atoms with Crippen LogP contribution in [0.25, 0.3) is 11.1 Å². The lowest BCUT2D eigenvalue weighted by Crippen LogP contribution is -2.47. The van der Waals surface area contributed by atoms with Gasteiger partial charge in [-0.25, -0.2) is 13.8 Å². The first-order chi connectivity index (χ1) is 23.0. The molecule has 1 aliphatic carbocycles. The fourth-order valence-electron chi connectivity index (χ4n) is 7.36. The molecule has 0 saturated carbocycles. The smallest absolute Gasteiger partial charge is 0.274 e. The lowest BCUT2D eigenvalue weighted by atomic mass is 9.89. The van der Waals surface area contributed by atoms with E-state index in [0.29, 0.717) is 52.6 Å². The first-order valence-corrected chi connectivity index (χ1v) is 17.2. The number of alkyl halides is 1. The molecule has 1 amide bonds. The van der Waals surface area contributed by atoms with Crippen LogP contribution in [-0.4, -0.2) is 71.4 Å². The monoisotopic (exact) mass is 674 g/mol. The zero-order valence-electron chi connectivity index (χ0n) is 27.5. The molecule has 0 unspecified atom stereocenters. The number of nitrogens with one attached hydrogen (secondary N) is 1. The summed E-state index contributed by atoms with van der Waals surface area (Å²) in [5, 5.41) is 13.8. The number of pyridine rings is 2. The SMILES string of the molecule is Cn1cc(-c2cc(F)cc(N3CCc4c(sc5c4CC(C)(C)C5)C3=O)c2CO)cc(Nc2ccc(N3CCN(CCF)CC3)cn2)c1=O. The number of carbonyl (C=O) groups excluding carboxylic acids is 1. The predicted molar refractivity (Wildman–Crippen MR) is 186 cm³/mol. The van der Waals surface area contributed by atoms with Gasteiger partial charge in [-0.3, -0.25) is 14.5 Å². The Hall–Kier alpha value is -4.13. The topological polar surface area (TPSA) is 93.9 Å². The van der Waals surface area contributed by atoms with Crippen LogP contribution < -0.4 is 20.7 Å². The van der Waals surface area contributed by atoms with Gasteiger partial charge in [0, 0.05) is 68.5 Å². The number of aliphatic hydroxyl groups excluding tert-OH is 1. The van der Waals surface area contributed by atoms with E-state index in [0.717, 1.165) is 50.3 Å². The highest BCUT2D eigenvalue weighted by molar-refractivity contribution is 7.14. The Bertz CT molecular complexity index is 1930. The fraction of sp³-hybridized carbons (Fsp3) is 0.417. The fourth-order valence-corrected chi connectivity index (χ4v) is 8.93. The van der Waals surface area contributed by atoms with E-state index in [1.54, 1.807) is 47.8 Å². The number of aliphatic hydroxyl groups is 1. The van der Waals surface area contributed by atoms with Crippen molar-refractivity contribution in [2.24, 2.45) is 12.5 Å². The summed E-state index contributed by atoms with van der Waals surface area (Å²) in [5.74, 6) is -0.247. The number of rotatable bonds is 8. The maximum atomic E-state index is 15.4. The van der Waals surface area contributed by atoms with Crippen molar-refractivity contribution in [2.45, 2.75) is 39.7 Å². The summed E-state index contributed by atoms with van der Waals surface area (Å²) in [7, 11) is 1.61. The molecule has 0 radical (unpaired) electrons. The lowest BCUT2D eigenvalue weighted by molar-refractivity contribution is 0.0984. The summed E-state index contributed by atoms with van der Waals surface area (Å²) in [6.07, 6.45) is 5.92. The second-order valence-electron chi connectivity index (χ2n) is 13.7. The number of fused-ring (bicyclic) bond motifs is 3. The third kappa shape index (κ3) is 6.01. The first kappa shape index (κ1) is 32.4. The minimum absolute atomic E-state index is 0.168. The van der Waals surface area contributed by atoms with E-state index in [-0.39, 0.29) is 29.2 Å². The van der Waals surface area contributed by atoms with Crippen LogP contribution in [0.1, 0.15) is 45.1 Å². The Balaban J connectivity index is 1.16. The van der Waals surface area contributed by atoms with Gasteiger partial charge in [-0.05, 0) is 71.7 Å². The maximum Gasteiger partial charge on any atom is 0.274 e. The van der Waals surface area contributed by atoms with Gasteiger partial charge in [0.1, 0.15) is 24.0 Å². The van der Waals surface area contributed by atoms with Crippen molar-refractivity contribution >= 4 is 40.1 Å². The zero-order chi connectivity index (χ0) is 33.7. The minimum atomic E-state index is -0.544. The molecule has 5 heterocycles. The Morgan fingerprint density at radius 2 is 1.83 bits per heavy atom. The highest BCUT2D eigenvalue weighted by atomic mass is 32.1. The number of anilines is 4. The van der Waals surface area contributed by atoms with Crippen LogP contribution in [0.3, 0.4) is 0 Å². The predicted octanol–water partition coefficient (Wildman–Crippen LogP) is 5.30. The van der Waals surface area contributed by atoms with Crippen molar-refractivity contribution in [3.63, 3.8) is 0 Å². The number of hydrogen-bond donors (Lipinski definition) is 2. The third-order valence-electron chi connectivity index (χ3n) is 9.80. The summed E-state index contributed by atoms with van der Waals surface area (Å²) >= 11 is 1.55. The van der Waals surface area contributed by atoms with Crippen molar-refractivity contribution in [1.82, 2.24) is 14.5 Å². The normalized spacial score (nSPS) is 17.5. The number of carbonyl (C=O) groups is 1. The van der Waals surface area contributed by atoms with E-state index in [1.807, 2.05) is 6.07 Å². The molecule has 1 aromatic carbocycles. The maximum absolute atomic E-state index is 15.4. The van der Waals surface area contributed by atoms with Gasteiger partial charge in [-0.1, -0.05) is 13.8 Å². The highest BCUT2D eigenvalue weighted by Crippen LogP contribution is 2.46. The minimum Gasteiger partial charge on any atom is -0.392 e. The van der Waals surface area contributed by atoms with E-state index in [1.165, 1.54) is 27.1 Å². The van der Waals surface area contributed by atoms with Gasteiger partial charge in [0.15, 0.2) is 0 Å². The van der Waals surface area contributed by atoms with E-state index in [2.05, 4.69) is 33.9 Å². The number of amides is 1. The van der Waals surface area contributed by atoms with Crippen LogP contribution in [0.5, 0.6) is 0 Å². The Kier molecular flexibility index (Phi) is 8.59. The van der Waals surface area contributed by atoms with Gasteiger partial charge >= 0.3 is 0 Å². The van der Waals surface area contributed by atoms with E-state index in [9.17, 15) is 19.1 Å². The number of nitrogens with zero attached hydrogens (tertiary/aromatic N) is 5. The summed E-state index contributed by atoms with van der Waals surface area (Å²) in [4.78, 5) is 39.5. The summed E-state index contributed by atoms with van der Waals surface area (Å²) in [5.41, 5.74) is 5.15. The van der Waals surface area contributed by atoms with Crippen LogP contribution in [0.15, 0.2) is 47.5 Å². The summed E-state index contributed by atoms with van der Waals surface area (Å²) in [6.45, 7) is 7.69. The molecule has 9 nitrogen and oxygen atoms in total. The van der Waals surface area contributed by atoms with Crippen molar-refractivity contribution in [3.05, 3.63) is 85.3 Å². The van der Waals surface area contributed by atoms with E-state index < -0.39 is 12.4 Å². The van der Waals surface area contributed by atoms with Crippen LogP contribution in [0.4, 0.5) is 31.7 Å². The second kappa shape index (κ2) is 12.7. The number of aryl methyl sites for hydroxylation is 1. The number of aromatic nitrogens is 2. The van der Waals surface area contributed by atoms with Crippen molar-refractivity contribution < 1.29 is 18.7 Å². The van der Waals surface area contributed by atoms with E-state index >= 15 is 4.39 Å². The Morgan fingerprint density at radius 1 is 1.04 bits per heavy atom. The average Bonchev–Trinajstić information content (AvgIpc) is 3.56. The molecule has 2 N–H and O–H groups in total. The molecule has 3 aliphatic rings. The molecule has 0 atom stereocenters. The number of thiophene rings is 1. The molecule has 0 spiro atoms. The van der Waals surface area contributed by atoms with Crippen LogP contribution in [-0.2, 0) is 32.9 Å². The van der Waals surface area contributed by atoms with Gasteiger partial charge in [0.2, 0.25) is 0 Å². The van der Waals surface area contributed by atoms with Crippen LogP contribution in [0, 0.1) is 11.2 Å². The molecule has 12 heteroatoms. The standard InChI is InChI=1S/C36H40F2N6O3S/c1-36(2)17-27-25-6-8-44(35(47)33(25)48-31(27)18-36)30-16-23(38)15-26(28(30)21-45)22-14-29(34(46)41(3)20-22)40-32-5-4-24(19-39-32)43-12-10-42(9-7-37)11-13-43/h4-5,14-16,19-20,45H,6-13,17-18,21H2,1-3H3,(H,39,40). The number of hydrogen-bond acceptors (Lipinski definition) is 8. The highest BCUT2D eigenvalue weighted by Gasteiger charge is 2.38. The van der Waals surface area contributed by atoms with E-state index in [4.69, 9.17) is 0 Å². The van der Waals surface area contributed by atoms with Gasteiger partial charge < -0.3 is 24.8 Å². The van der Waals surface area contributed by atoms with Gasteiger partial charge in [0.25, 0.3) is 11.5 Å². The largest absolute Gasteiger partial charge is 0.392 e. The number of benzene rings is 1. The van der Waals surface area contributed by atoms with Crippen molar-refractivity contribution in [1.29, 1.82) is 0 Å². The van der Waals surface area contributed by atoms with Crippen LogP contribution >= 0.6 is 11.3 Å². The average molecular weight is 675 g/mol. The van der Waals surface area contributed by atoms with Gasteiger partial charge in [0.05, 0.1) is 29.1 Å². The first-order valence-electron chi connectivity index (χ1n) is 16.4. The number of halogens is 2. The molecule has 0 bridgehead atoms. The Morgan fingerprint density at radius 3 is 2.54 bits per heavy atom. The van der Waals surface area contributed by atoms with Crippen LogP contribution in [0.2, 0.25) is 0 Å². The molecule has 7 rings (SSSR count). The third-order valence-corrected chi connectivity index (χ3v) is 11.1. The van der Waals surface area contributed by atoms with Crippen molar-refractivity contribution in [2.75, 3.05) is 61.1 Å². The van der Waals surface area contributed by atoms with Gasteiger partial charge in [-0.15, -0.1) is 11.3 Å². The summed E-state index contributed by atoms with van der Waals surface area (Å²) < 4.78 is 29.5. The molecule has 4 aromatic rings. The van der Waals surface area contributed by atoms with Crippen molar-refractivity contribution in [3.8, 4) is 11.1 Å². The van der Waals surface area contributed by atoms with Gasteiger partial charge in [-0.2, -0.15) is 0 Å². The quantitative estimate of drug-likeness (QED) is 0.262. The molecule has 48 heavy (non-hydrogen) atoms. The number of piperazine rings is 1. The molecule has 1 fully saturated rings. The molecule has 3 aromatic heterocycles. The molecule has 1 saturated heterocycles. The molecular weight excluding hydrogens is 634 g/mol. The molecule has 252 valence electrons. The zero-order valence-corrected chi connectivity index (χ0v) is 28.3. The Labute approximate surface area is 282 Å².